The van der Waals surface area contributed by atoms with Crippen molar-refractivity contribution in [2.24, 2.45) is 17.3 Å². The van der Waals surface area contributed by atoms with Gasteiger partial charge in [-0.25, -0.2) is 9.83 Å². The van der Waals surface area contributed by atoms with E-state index in [9.17, 15) is 37.1 Å². The number of piperidine rings is 3. The van der Waals surface area contributed by atoms with Gasteiger partial charge >= 0.3 is 6.18 Å². The fraction of sp³-hybridized carbons (Fsp3) is 0.477. The maximum atomic E-state index is 13.5. The van der Waals surface area contributed by atoms with E-state index in [1.54, 1.807) is 18.3 Å². The lowest BCUT2D eigenvalue weighted by atomic mass is 9.71. The van der Waals surface area contributed by atoms with Crippen LogP contribution in [0.15, 0.2) is 54.7 Å². The number of carbonyl (C=O) groups is 5. The Balaban J connectivity index is 0.705. The van der Waals surface area contributed by atoms with Crippen LogP contribution in [-0.2, 0) is 20.6 Å². The van der Waals surface area contributed by atoms with Gasteiger partial charge in [-0.15, -0.1) is 0 Å². The van der Waals surface area contributed by atoms with Crippen molar-refractivity contribution in [3.05, 3.63) is 82.8 Å². The number of nitrogens with zero attached hydrogens (tertiary/aromatic N) is 7. The first-order valence-electron chi connectivity index (χ1n) is 21.0. The first-order chi connectivity index (χ1) is 29.3. The number of aromatic nitrogens is 1. The summed E-state index contributed by atoms with van der Waals surface area (Å²) in [4.78, 5) is 81.2. The fourth-order valence-corrected chi connectivity index (χ4v) is 10.0. The highest BCUT2D eigenvalue weighted by Gasteiger charge is 2.47. The summed E-state index contributed by atoms with van der Waals surface area (Å²) in [6.07, 6.45) is 1.61. The second-order valence-electron chi connectivity index (χ2n) is 17.4. The number of likely N-dealkylation sites (tertiary alicyclic amines) is 1. The molecule has 0 radical (unpaired) electrons. The van der Waals surface area contributed by atoms with E-state index in [1.165, 1.54) is 12.1 Å². The molecule has 9 rings (SSSR count). The predicted molar refractivity (Wildman–Crippen MR) is 219 cm³/mol. The Morgan fingerprint density at radius 2 is 1.52 bits per heavy atom. The number of hydrogen-bond acceptors (Lipinski definition) is 10. The lowest BCUT2D eigenvalue weighted by Crippen LogP contribution is -2.60. The maximum absolute atomic E-state index is 13.5. The van der Waals surface area contributed by atoms with Crippen LogP contribution >= 0.6 is 0 Å². The average molecular weight is 838 g/mol. The number of rotatable bonds is 8. The minimum Gasteiger partial charge on any atom is -0.372 e. The Kier molecular flexibility index (Phi) is 10.5. The van der Waals surface area contributed by atoms with Crippen LogP contribution in [0.3, 0.4) is 0 Å². The third kappa shape index (κ3) is 7.89. The molecule has 2 aromatic carbocycles. The highest BCUT2D eigenvalue weighted by Crippen LogP contribution is 2.43. The molecule has 1 spiro atoms. The summed E-state index contributed by atoms with van der Waals surface area (Å²) in [6.45, 7) is 14.6. The third-order valence-electron chi connectivity index (χ3n) is 13.6. The molecule has 17 heteroatoms. The number of fused-ring (bicyclic) bond motifs is 1. The third-order valence-corrected chi connectivity index (χ3v) is 13.6. The number of amides is 5. The van der Waals surface area contributed by atoms with Gasteiger partial charge in [0.2, 0.25) is 17.7 Å². The normalized spacial score (nSPS) is 23.2. The molecule has 0 bridgehead atoms. The van der Waals surface area contributed by atoms with Crippen LogP contribution in [0.2, 0.25) is 0 Å². The van der Waals surface area contributed by atoms with E-state index in [4.69, 9.17) is 6.57 Å². The summed E-state index contributed by atoms with van der Waals surface area (Å²) in [5, 5.41) is 5.16. The molecule has 1 unspecified atom stereocenters. The van der Waals surface area contributed by atoms with Gasteiger partial charge in [-0.3, -0.25) is 34.2 Å². The average Bonchev–Trinajstić information content (AvgIpc) is 3.81. The van der Waals surface area contributed by atoms with Crippen LogP contribution in [-0.4, -0.2) is 109 Å². The molecule has 0 aliphatic carbocycles. The highest BCUT2D eigenvalue weighted by molar-refractivity contribution is 6.23. The number of pyridine rings is 1. The van der Waals surface area contributed by atoms with E-state index < -0.39 is 47.1 Å². The van der Waals surface area contributed by atoms with Crippen molar-refractivity contribution in [2.75, 3.05) is 78.9 Å². The first kappa shape index (κ1) is 40.4. The number of hydrogen-bond donors (Lipinski definition) is 2. The standard InChI is InChI=1S/C44H46F3N9O5/c1-48-35-6-3-30(21-34(35)44(45,46)47)53-16-11-28(12-17-53)39(58)50-37-8-4-31(22-49-37)55-25-43(26-55)13-18-52(19-14-43)23-27-10-15-54(24-27)29-2-5-32-33(20-29)42(61)56(41(32)60)36-7-9-38(57)51-40(36)59/h2-6,8,20-22,27-28,36H,7,9-19,23-26H2,(H,49,50,58)(H,51,57,59)/t27-,36?/m1/s1. The second-order valence-corrected chi connectivity index (χ2v) is 17.4. The van der Waals surface area contributed by atoms with E-state index in [0.29, 0.717) is 48.9 Å². The summed E-state index contributed by atoms with van der Waals surface area (Å²) >= 11 is 0. The molecule has 5 fully saturated rings. The molecular weight excluding hydrogens is 792 g/mol. The molecule has 14 nitrogen and oxygen atoms in total. The number of imide groups is 2. The van der Waals surface area contributed by atoms with Gasteiger partial charge < -0.3 is 24.9 Å². The van der Waals surface area contributed by atoms with Gasteiger partial charge in [0.05, 0.1) is 35.1 Å². The van der Waals surface area contributed by atoms with Gasteiger partial charge in [0.15, 0.2) is 5.69 Å². The summed E-state index contributed by atoms with van der Waals surface area (Å²) in [5.41, 5.74) is 1.78. The minimum atomic E-state index is -4.62. The van der Waals surface area contributed by atoms with E-state index in [1.807, 2.05) is 23.1 Å². The Hall–Kier alpha value is -6.02. The summed E-state index contributed by atoms with van der Waals surface area (Å²) in [7, 11) is 0. The first-order valence-corrected chi connectivity index (χ1v) is 21.0. The Labute approximate surface area is 350 Å². The predicted octanol–water partition coefficient (Wildman–Crippen LogP) is 5.34. The van der Waals surface area contributed by atoms with E-state index in [0.717, 1.165) is 87.4 Å². The van der Waals surface area contributed by atoms with Gasteiger partial charge in [-0.05, 0) is 100.0 Å². The van der Waals surface area contributed by atoms with Gasteiger partial charge in [-0.1, -0.05) is 6.07 Å². The van der Waals surface area contributed by atoms with Gasteiger partial charge in [0.25, 0.3) is 11.8 Å². The molecule has 5 amide bonds. The molecule has 1 aromatic heterocycles. The van der Waals surface area contributed by atoms with E-state index in [2.05, 4.69) is 35.2 Å². The largest absolute Gasteiger partial charge is 0.407 e. The molecule has 2 N–H and O–H groups in total. The zero-order valence-corrected chi connectivity index (χ0v) is 33.5. The molecular formula is C44H46F3N9O5. The maximum Gasteiger partial charge on any atom is 0.407 e. The topological polar surface area (TPSA) is 143 Å². The number of anilines is 4. The van der Waals surface area contributed by atoms with E-state index in [-0.39, 0.29) is 35.6 Å². The molecule has 2 atom stereocenters. The molecule has 5 saturated heterocycles. The van der Waals surface area contributed by atoms with Gasteiger partial charge in [0.1, 0.15) is 11.9 Å². The van der Waals surface area contributed by atoms with Crippen molar-refractivity contribution >= 4 is 58.1 Å². The number of benzene rings is 2. The monoisotopic (exact) mass is 837 g/mol. The Morgan fingerprint density at radius 3 is 2.21 bits per heavy atom. The second kappa shape index (κ2) is 15.8. The molecule has 6 aliphatic heterocycles. The number of carbonyl (C=O) groups excluding carboxylic acids is 5. The van der Waals surface area contributed by atoms with Crippen LogP contribution in [0.25, 0.3) is 4.85 Å². The van der Waals surface area contributed by atoms with Crippen molar-refractivity contribution in [3.8, 4) is 0 Å². The Morgan fingerprint density at radius 1 is 0.836 bits per heavy atom. The number of nitrogens with one attached hydrogen (secondary N) is 2. The summed E-state index contributed by atoms with van der Waals surface area (Å²) in [5.74, 6) is -1.52. The smallest absolute Gasteiger partial charge is 0.372 e. The van der Waals surface area contributed by atoms with E-state index >= 15 is 0 Å². The highest BCUT2D eigenvalue weighted by atomic mass is 19.4. The van der Waals surface area contributed by atoms with Crippen LogP contribution in [0.5, 0.6) is 0 Å². The lowest BCUT2D eigenvalue weighted by Gasteiger charge is -2.55. The van der Waals surface area contributed by atoms with Crippen LogP contribution in [0.1, 0.15) is 71.2 Å². The summed E-state index contributed by atoms with van der Waals surface area (Å²) in [6, 6.07) is 11.9. The molecule has 318 valence electrons. The summed E-state index contributed by atoms with van der Waals surface area (Å²) < 4.78 is 40.5. The van der Waals surface area contributed by atoms with Crippen molar-refractivity contribution in [1.29, 1.82) is 0 Å². The fourth-order valence-electron chi connectivity index (χ4n) is 10.0. The zero-order valence-electron chi connectivity index (χ0n) is 33.5. The molecule has 6 aliphatic rings. The van der Waals surface area contributed by atoms with Gasteiger partial charge in [-0.2, -0.15) is 13.2 Å². The van der Waals surface area contributed by atoms with Crippen molar-refractivity contribution < 1.29 is 37.1 Å². The van der Waals surface area contributed by atoms with Crippen LogP contribution in [0.4, 0.5) is 41.7 Å². The number of halogens is 3. The SMILES string of the molecule is [C-]#[N+]c1ccc(N2CCC(C(=O)Nc3ccc(N4CC5(CCN(C[C@H]6CCN(c7ccc8c(c7)C(=O)N(C7CCC(=O)NC7=O)C8=O)C6)CC5)C4)cn3)CC2)cc1C(F)(F)F. The lowest BCUT2D eigenvalue weighted by molar-refractivity contribution is -0.137. The zero-order chi connectivity index (χ0) is 42.6. The van der Waals surface area contributed by atoms with Crippen LogP contribution in [0, 0.1) is 23.8 Å². The molecule has 0 saturated carbocycles. The molecule has 61 heavy (non-hydrogen) atoms. The van der Waals surface area contributed by atoms with Crippen molar-refractivity contribution in [2.45, 2.75) is 57.2 Å². The minimum absolute atomic E-state index is 0.0822. The Bertz CT molecular complexity index is 2310. The van der Waals surface area contributed by atoms with Crippen LogP contribution < -0.4 is 25.3 Å². The quantitative estimate of drug-likeness (QED) is 0.226. The molecule has 3 aromatic rings. The van der Waals surface area contributed by atoms with Crippen molar-refractivity contribution in [1.82, 2.24) is 20.1 Å². The van der Waals surface area contributed by atoms with Gasteiger partial charge in [0, 0.05) is 74.9 Å². The molecule has 7 heterocycles. The van der Waals surface area contributed by atoms with Crippen molar-refractivity contribution in [3.63, 3.8) is 0 Å². The number of alkyl halides is 3.